The third-order valence-corrected chi connectivity index (χ3v) is 4.95. The molecule has 1 heterocycles. The van der Waals surface area contributed by atoms with Crippen LogP contribution in [0.3, 0.4) is 0 Å². The molecular weight excluding hydrogens is 222 g/mol. The first-order chi connectivity index (χ1) is 8.83. The van der Waals surface area contributed by atoms with Crippen LogP contribution < -0.4 is 0 Å². The molecule has 0 bridgehead atoms. The lowest BCUT2D eigenvalue weighted by molar-refractivity contribution is -0.209. The third-order valence-electron chi connectivity index (χ3n) is 4.95. The van der Waals surface area contributed by atoms with E-state index in [0.717, 1.165) is 25.8 Å². The van der Waals surface area contributed by atoms with Crippen LogP contribution in [0.2, 0.25) is 0 Å². The Morgan fingerprint density at radius 1 is 1.00 bits per heavy atom. The van der Waals surface area contributed by atoms with E-state index in [9.17, 15) is 5.21 Å². The first-order valence-electron chi connectivity index (χ1n) is 7.34. The minimum absolute atomic E-state index is 0.0256. The van der Waals surface area contributed by atoms with Gasteiger partial charge < -0.3 is 5.21 Å². The van der Waals surface area contributed by atoms with E-state index in [0.29, 0.717) is 5.92 Å². The summed E-state index contributed by atoms with van der Waals surface area (Å²) in [6.45, 7) is 0.851. The Morgan fingerprint density at radius 3 is 2.44 bits per heavy atom. The number of hydrogen-bond acceptors (Lipinski definition) is 2. The molecule has 1 unspecified atom stereocenters. The Bertz CT molecular complexity index is 383. The van der Waals surface area contributed by atoms with Crippen molar-refractivity contribution in [3.63, 3.8) is 0 Å². The zero-order chi connectivity index (χ0) is 12.4. The van der Waals surface area contributed by atoms with E-state index >= 15 is 0 Å². The Balaban J connectivity index is 1.94. The van der Waals surface area contributed by atoms with Gasteiger partial charge in [-0.25, -0.2) is 0 Å². The predicted molar refractivity (Wildman–Crippen MR) is 72.7 cm³/mol. The number of rotatable bonds is 1. The van der Waals surface area contributed by atoms with Crippen molar-refractivity contribution in [1.82, 2.24) is 5.06 Å². The van der Waals surface area contributed by atoms with Crippen molar-refractivity contribution in [3.8, 4) is 0 Å². The van der Waals surface area contributed by atoms with Gasteiger partial charge in [0.2, 0.25) is 0 Å². The highest BCUT2D eigenvalue weighted by molar-refractivity contribution is 5.25. The molecule has 1 aliphatic carbocycles. The van der Waals surface area contributed by atoms with Crippen LogP contribution in [0.25, 0.3) is 0 Å². The van der Waals surface area contributed by atoms with Gasteiger partial charge in [-0.1, -0.05) is 49.6 Å². The summed E-state index contributed by atoms with van der Waals surface area (Å²) in [6, 6.07) is 10.8. The maximum absolute atomic E-state index is 10.4. The van der Waals surface area contributed by atoms with Crippen LogP contribution in [-0.4, -0.2) is 22.4 Å². The van der Waals surface area contributed by atoms with Crippen molar-refractivity contribution in [2.24, 2.45) is 0 Å². The summed E-state index contributed by atoms with van der Waals surface area (Å²) in [5.74, 6) is 0.512. The molecule has 2 fully saturated rings. The van der Waals surface area contributed by atoms with Gasteiger partial charge in [-0.15, -0.1) is 0 Å². The van der Waals surface area contributed by atoms with E-state index < -0.39 is 0 Å². The minimum atomic E-state index is 0.0256. The highest BCUT2D eigenvalue weighted by Crippen LogP contribution is 2.48. The van der Waals surface area contributed by atoms with Crippen molar-refractivity contribution in [2.45, 2.75) is 56.4 Å². The van der Waals surface area contributed by atoms with Crippen LogP contribution in [0, 0.1) is 0 Å². The molecule has 18 heavy (non-hydrogen) atoms. The van der Waals surface area contributed by atoms with Crippen molar-refractivity contribution < 1.29 is 5.21 Å². The standard InChI is InChI=1S/C16H23NO/c18-17-13-7-10-15(14-8-3-1-4-9-14)16(17)11-5-2-6-12-16/h1,3-4,8-9,15,18H,2,5-7,10-13H2. The Morgan fingerprint density at radius 2 is 1.72 bits per heavy atom. The zero-order valence-corrected chi connectivity index (χ0v) is 11.0. The fourth-order valence-electron chi connectivity index (χ4n) is 4.05. The summed E-state index contributed by atoms with van der Waals surface area (Å²) in [7, 11) is 0. The Hall–Kier alpha value is -0.860. The summed E-state index contributed by atoms with van der Waals surface area (Å²) in [5, 5.41) is 12.1. The molecule has 0 aromatic heterocycles. The molecule has 1 saturated carbocycles. The van der Waals surface area contributed by atoms with Gasteiger partial charge in [-0.2, -0.15) is 5.06 Å². The molecule has 2 heteroatoms. The van der Waals surface area contributed by atoms with E-state index in [1.807, 2.05) is 0 Å². The second-order valence-electron chi connectivity index (χ2n) is 5.89. The van der Waals surface area contributed by atoms with Gasteiger partial charge in [0.1, 0.15) is 0 Å². The molecule has 1 aliphatic heterocycles. The molecule has 1 atom stereocenters. The highest BCUT2D eigenvalue weighted by atomic mass is 16.5. The van der Waals surface area contributed by atoms with Gasteiger partial charge >= 0.3 is 0 Å². The number of nitrogens with zero attached hydrogens (tertiary/aromatic N) is 1. The smallest absolute Gasteiger partial charge is 0.0528 e. The molecule has 0 amide bonds. The fraction of sp³-hybridized carbons (Fsp3) is 0.625. The van der Waals surface area contributed by atoms with Crippen LogP contribution in [0.15, 0.2) is 30.3 Å². The predicted octanol–water partition coefficient (Wildman–Crippen LogP) is 3.96. The van der Waals surface area contributed by atoms with Crippen molar-refractivity contribution in [1.29, 1.82) is 0 Å². The summed E-state index contributed by atoms with van der Waals surface area (Å²) in [4.78, 5) is 0. The second-order valence-corrected chi connectivity index (χ2v) is 5.89. The fourth-order valence-corrected chi connectivity index (χ4v) is 4.05. The molecule has 1 N–H and O–H groups in total. The van der Waals surface area contributed by atoms with Crippen LogP contribution >= 0.6 is 0 Å². The van der Waals surface area contributed by atoms with Crippen LogP contribution in [0.1, 0.15) is 56.4 Å². The highest BCUT2D eigenvalue weighted by Gasteiger charge is 2.46. The maximum atomic E-state index is 10.4. The van der Waals surface area contributed by atoms with E-state index in [1.54, 1.807) is 5.06 Å². The molecule has 1 spiro atoms. The van der Waals surface area contributed by atoms with Gasteiger partial charge in [0.15, 0.2) is 0 Å². The van der Waals surface area contributed by atoms with Crippen LogP contribution in [-0.2, 0) is 0 Å². The zero-order valence-electron chi connectivity index (χ0n) is 11.0. The largest absolute Gasteiger partial charge is 0.313 e. The van der Waals surface area contributed by atoms with Gasteiger partial charge in [-0.3, -0.25) is 0 Å². The topological polar surface area (TPSA) is 23.5 Å². The van der Waals surface area contributed by atoms with Crippen molar-refractivity contribution in [3.05, 3.63) is 35.9 Å². The van der Waals surface area contributed by atoms with E-state index in [-0.39, 0.29) is 5.54 Å². The van der Waals surface area contributed by atoms with Crippen molar-refractivity contribution >= 4 is 0 Å². The van der Waals surface area contributed by atoms with Crippen LogP contribution in [0.5, 0.6) is 0 Å². The minimum Gasteiger partial charge on any atom is -0.313 e. The Labute approximate surface area is 110 Å². The van der Waals surface area contributed by atoms with Gasteiger partial charge in [0.25, 0.3) is 0 Å². The quantitative estimate of drug-likeness (QED) is 0.809. The van der Waals surface area contributed by atoms with Gasteiger partial charge in [-0.05, 0) is 31.2 Å². The molecule has 0 radical (unpaired) electrons. The average Bonchev–Trinajstić information content (AvgIpc) is 2.44. The molecular formula is C16H23NO. The molecule has 1 aromatic rings. The number of hydrogen-bond donors (Lipinski definition) is 1. The van der Waals surface area contributed by atoms with Crippen molar-refractivity contribution in [2.75, 3.05) is 6.54 Å². The lowest BCUT2D eigenvalue weighted by Gasteiger charge is -2.51. The van der Waals surface area contributed by atoms with Gasteiger partial charge in [0.05, 0.1) is 5.54 Å². The lowest BCUT2D eigenvalue weighted by Crippen LogP contribution is -2.55. The second kappa shape index (κ2) is 5.02. The Kier molecular flexibility index (Phi) is 3.40. The molecule has 1 saturated heterocycles. The molecule has 2 aliphatic rings. The first-order valence-corrected chi connectivity index (χ1v) is 7.34. The summed E-state index contributed by atoms with van der Waals surface area (Å²) >= 11 is 0. The number of hydroxylamine groups is 2. The first kappa shape index (κ1) is 12.2. The normalized spacial score (nSPS) is 28.4. The maximum Gasteiger partial charge on any atom is 0.0528 e. The monoisotopic (exact) mass is 245 g/mol. The number of benzene rings is 1. The number of piperidine rings is 1. The average molecular weight is 245 g/mol. The van der Waals surface area contributed by atoms with E-state index in [4.69, 9.17) is 0 Å². The third kappa shape index (κ3) is 1.98. The SMILES string of the molecule is ON1CCCC(c2ccccc2)C12CCCCC2. The summed E-state index contributed by atoms with van der Waals surface area (Å²) in [5.41, 5.74) is 1.44. The molecule has 3 rings (SSSR count). The molecule has 2 nitrogen and oxygen atoms in total. The summed E-state index contributed by atoms with van der Waals surface area (Å²) in [6.07, 6.45) is 8.50. The molecule has 1 aromatic carbocycles. The van der Waals surface area contributed by atoms with E-state index in [1.165, 1.54) is 31.2 Å². The van der Waals surface area contributed by atoms with Gasteiger partial charge in [0, 0.05) is 12.5 Å². The lowest BCUT2D eigenvalue weighted by atomic mass is 9.66. The van der Waals surface area contributed by atoms with E-state index in [2.05, 4.69) is 30.3 Å². The van der Waals surface area contributed by atoms with Crippen LogP contribution in [0.4, 0.5) is 0 Å². The summed E-state index contributed by atoms with van der Waals surface area (Å²) < 4.78 is 0. The molecule has 98 valence electrons.